The first-order valence-corrected chi connectivity index (χ1v) is 12.2. The molecule has 0 aromatic heterocycles. The van der Waals surface area contributed by atoms with Gasteiger partial charge in [-0.3, -0.25) is 9.52 Å². The van der Waals surface area contributed by atoms with Crippen molar-refractivity contribution in [1.29, 1.82) is 0 Å². The predicted molar refractivity (Wildman–Crippen MR) is 123 cm³/mol. The predicted octanol–water partition coefficient (Wildman–Crippen LogP) is 2.96. The van der Waals surface area contributed by atoms with Crippen LogP contribution in [0.5, 0.6) is 23.0 Å². The lowest BCUT2D eigenvalue weighted by Gasteiger charge is -2.19. The fourth-order valence-electron chi connectivity index (χ4n) is 3.64. The second-order valence-electron chi connectivity index (χ2n) is 7.62. The minimum absolute atomic E-state index is 0.00300. The first-order valence-electron chi connectivity index (χ1n) is 10.7. The molecule has 3 aromatic rings. The molecule has 0 aliphatic carbocycles. The average Bonchev–Trinajstić information content (AvgIpc) is 2.87. The van der Waals surface area contributed by atoms with Crippen LogP contribution in [-0.2, 0) is 16.6 Å². The summed E-state index contributed by atoms with van der Waals surface area (Å²) in [5, 5.41) is 2.82. The van der Waals surface area contributed by atoms with E-state index in [1.807, 2.05) is 12.1 Å². The fourth-order valence-corrected chi connectivity index (χ4v) is 4.73. The van der Waals surface area contributed by atoms with Crippen LogP contribution in [0.25, 0.3) is 0 Å². The van der Waals surface area contributed by atoms with Gasteiger partial charge < -0.3 is 24.3 Å². The molecule has 3 aromatic carbocycles. The molecule has 0 unspecified atom stereocenters. The van der Waals surface area contributed by atoms with E-state index < -0.39 is 15.9 Å². The molecule has 2 aliphatic rings. The molecule has 2 heterocycles. The molecule has 10 heteroatoms. The molecule has 0 fully saturated rings. The zero-order chi connectivity index (χ0) is 23.5. The highest BCUT2D eigenvalue weighted by Crippen LogP contribution is 2.33. The third-order valence-electron chi connectivity index (χ3n) is 5.30. The Labute approximate surface area is 196 Å². The Bertz CT molecular complexity index is 1340. The number of amides is 1. The second-order valence-corrected chi connectivity index (χ2v) is 9.30. The minimum Gasteiger partial charge on any atom is -0.486 e. The molecule has 34 heavy (non-hydrogen) atoms. The highest BCUT2D eigenvalue weighted by Gasteiger charge is 2.22. The number of anilines is 1. The number of carbonyl (C=O) groups is 1. The SMILES string of the molecule is O=C(NCc1ccc2c(c1)OCCO2)c1ccccc1NS(=O)(=O)c1ccc2c(c1)OCCO2. The van der Waals surface area contributed by atoms with Crippen molar-refractivity contribution >= 4 is 21.6 Å². The molecule has 0 saturated heterocycles. The molecule has 0 spiro atoms. The highest BCUT2D eigenvalue weighted by atomic mass is 32.2. The lowest BCUT2D eigenvalue weighted by Crippen LogP contribution is -2.25. The van der Waals surface area contributed by atoms with Gasteiger partial charge in [-0.2, -0.15) is 0 Å². The number of nitrogens with one attached hydrogen (secondary N) is 2. The van der Waals surface area contributed by atoms with Gasteiger partial charge in [-0.15, -0.1) is 0 Å². The first-order chi connectivity index (χ1) is 16.5. The number of hydrogen-bond donors (Lipinski definition) is 2. The fraction of sp³-hybridized carbons (Fsp3) is 0.208. The number of benzene rings is 3. The molecule has 0 atom stereocenters. The van der Waals surface area contributed by atoms with Gasteiger partial charge in [0.2, 0.25) is 0 Å². The summed E-state index contributed by atoms with van der Waals surface area (Å²) in [4.78, 5) is 12.9. The molecule has 1 amide bonds. The van der Waals surface area contributed by atoms with Gasteiger partial charge in [-0.25, -0.2) is 8.42 Å². The van der Waals surface area contributed by atoms with Crippen molar-refractivity contribution in [3.8, 4) is 23.0 Å². The zero-order valence-electron chi connectivity index (χ0n) is 18.1. The van der Waals surface area contributed by atoms with Crippen molar-refractivity contribution in [2.75, 3.05) is 31.1 Å². The largest absolute Gasteiger partial charge is 0.486 e. The summed E-state index contributed by atoms with van der Waals surface area (Å²) >= 11 is 0. The first kappa shape index (κ1) is 21.9. The van der Waals surface area contributed by atoms with Crippen LogP contribution in [-0.4, -0.2) is 40.8 Å². The molecule has 9 nitrogen and oxygen atoms in total. The molecular formula is C24H22N2O7S. The summed E-state index contributed by atoms with van der Waals surface area (Å²) in [5.74, 6) is 1.73. The van der Waals surface area contributed by atoms with Crippen LogP contribution in [0, 0.1) is 0 Å². The van der Waals surface area contributed by atoms with E-state index in [9.17, 15) is 13.2 Å². The highest BCUT2D eigenvalue weighted by molar-refractivity contribution is 7.92. The second kappa shape index (κ2) is 9.14. The van der Waals surface area contributed by atoms with E-state index in [1.165, 1.54) is 18.2 Å². The number of fused-ring (bicyclic) bond motifs is 2. The van der Waals surface area contributed by atoms with Gasteiger partial charge in [0.15, 0.2) is 23.0 Å². The summed E-state index contributed by atoms with van der Waals surface area (Å²) in [6.45, 7) is 1.96. The van der Waals surface area contributed by atoms with E-state index in [1.54, 1.807) is 30.3 Å². The Morgan fingerprint density at radius 1 is 0.765 bits per heavy atom. The van der Waals surface area contributed by atoms with E-state index in [0.717, 1.165) is 5.56 Å². The molecule has 0 saturated carbocycles. The van der Waals surface area contributed by atoms with Gasteiger partial charge in [0.25, 0.3) is 15.9 Å². The number of para-hydroxylation sites is 1. The van der Waals surface area contributed by atoms with Gasteiger partial charge in [0.1, 0.15) is 26.4 Å². The summed E-state index contributed by atoms with van der Waals surface area (Å²) in [5.41, 5.74) is 1.19. The summed E-state index contributed by atoms with van der Waals surface area (Å²) in [6.07, 6.45) is 0. The molecule has 0 bridgehead atoms. The summed E-state index contributed by atoms with van der Waals surface area (Å²) < 4.78 is 50.5. The van der Waals surface area contributed by atoms with Gasteiger partial charge in [0.05, 0.1) is 16.1 Å². The topological polar surface area (TPSA) is 112 Å². The van der Waals surface area contributed by atoms with Crippen LogP contribution in [0.4, 0.5) is 5.69 Å². The monoisotopic (exact) mass is 482 g/mol. The van der Waals surface area contributed by atoms with E-state index in [2.05, 4.69) is 10.0 Å². The molecule has 2 N–H and O–H groups in total. The van der Waals surface area contributed by atoms with E-state index in [4.69, 9.17) is 18.9 Å². The van der Waals surface area contributed by atoms with Crippen LogP contribution in [0.3, 0.4) is 0 Å². The maximum Gasteiger partial charge on any atom is 0.262 e. The van der Waals surface area contributed by atoms with Gasteiger partial charge in [-0.1, -0.05) is 18.2 Å². The third-order valence-corrected chi connectivity index (χ3v) is 6.66. The lowest BCUT2D eigenvalue weighted by atomic mass is 10.1. The Morgan fingerprint density at radius 3 is 2.12 bits per heavy atom. The molecule has 0 radical (unpaired) electrons. The van der Waals surface area contributed by atoms with Crippen LogP contribution < -0.4 is 29.0 Å². The summed E-state index contributed by atoms with van der Waals surface area (Å²) in [7, 11) is -3.98. The number of rotatable bonds is 6. The maximum atomic E-state index is 13.0. The van der Waals surface area contributed by atoms with Crippen molar-refractivity contribution in [2.24, 2.45) is 0 Å². The Kier molecular flexibility index (Phi) is 5.89. The van der Waals surface area contributed by atoms with E-state index in [0.29, 0.717) is 49.4 Å². The zero-order valence-corrected chi connectivity index (χ0v) is 18.9. The molecule has 5 rings (SSSR count). The van der Waals surface area contributed by atoms with E-state index >= 15 is 0 Å². The van der Waals surface area contributed by atoms with E-state index in [-0.39, 0.29) is 22.7 Å². The third kappa shape index (κ3) is 4.58. The standard InChI is InChI=1S/C24H22N2O7S/c27-24(25-15-16-5-7-20-22(13-16)32-11-9-30-20)18-3-1-2-4-19(18)26-34(28,29)17-6-8-21-23(14-17)33-12-10-31-21/h1-8,13-14,26H,9-12,15H2,(H,25,27). The Balaban J connectivity index is 1.31. The number of ether oxygens (including phenoxy) is 4. The van der Waals surface area contributed by atoms with Crippen LogP contribution >= 0.6 is 0 Å². The summed E-state index contributed by atoms with van der Waals surface area (Å²) in [6, 6.07) is 16.2. The Hall–Kier alpha value is -3.92. The maximum absolute atomic E-state index is 13.0. The molecule has 176 valence electrons. The number of carbonyl (C=O) groups excluding carboxylic acids is 1. The Morgan fingerprint density at radius 2 is 1.38 bits per heavy atom. The normalized spacial score (nSPS) is 14.2. The average molecular weight is 483 g/mol. The molecular weight excluding hydrogens is 460 g/mol. The van der Waals surface area contributed by atoms with Gasteiger partial charge in [-0.05, 0) is 42.0 Å². The number of sulfonamides is 1. The van der Waals surface area contributed by atoms with Gasteiger partial charge >= 0.3 is 0 Å². The van der Waals surface area contributed by atoms with Crippen molar-refractivity contribution in [2.45, 2.75) is 11.4 Å². The smallest absolute Gasteiger partial charge is 0.262 e. The minimum atomic E-state index is -3.98. The van der Waals surface area contributed by atoms with Crippen LogP contribution in [0.2, 0.25) is 0 Å². The van der Waals surface area contributed by atoms with Crippen molar-refractivity contribution < 1.29 is 32.2 Å². The van der Waals surface area contributed by atoms with Crippen molar-refractivity contribution in [3.05, 3.63) is 71.8 Å². The van der Waals surface area contributed by atoms with Gasteiger partial charge in [0, 0.05) is 12.6 Å². The van der Waals surface area contributed by atoms with Crippen LogP contribution in [0.15, 0.2) is 65.6 Å². The number of hydrogen-bond acceptors (Lipinski definition) is 7. The molecule has 2 aliphatic heterocycles. The van der Waals surface area contributed by atoms with Crippen molar-refractivity contribution in [3.63, 3.8) is 0 Å². The lowest BCUT2D eigenvalue weighted by molar-refractivity contribution is 0.0951. The van der Waals surface area contributed by atoms with Crippen LogP contribution in [0.1, 0.15) is 15.9 Å². The quantitative estimate of drug-likeness (QED) is 0.556. The van der Waals surface area contributed by atoms with Crippen molar-refractivity contribution in [1.82, 2.24) is 5.32 Å².